The van der Waals surface area contributed by atoms with Gasteiger partial charge in [-0.25, -0.2) is 9.37 Å². The van der Waals surface area contributed by atoms with Gasteiger partial charge in [-0.2, -0.15) is 0 Å². The van der Waals surface area contributed by atoms with Crippen molar-refractivity contribution in [2.75, 3.05) is 5.32 Å². The molecule has 134 valence electrons. The molecule has 0 spiro atoms. The summed E-state index contributed by atoms with van der Waals surface area (Å²) in [5, 5.41) is 6.68. The number of nitrogens with one attached hydrogen (secondary N) is 2. The first kappa shape index (κ1) is 18.5. The van der Waals surface area contributed by atoms with Crippen molar-refractivity contribution in [1.29, 1.82) is 0 Å². The summed E-state index contributed by atoms with van der Waals surface area (Å²) in [4.78, 5) is 17.6. The van der Waals surface area contributed by atoms with Gasteiger partial charge in [0.2, 0.25) is 0 Å². The molecule has 0 aliphatic rings. The van der Waals surface area contributed by atoms with Crippen LogP contribution in [0.2, 0.25) is 0 Å². The Morgan fingerprint density at radius 2 is 1.96 bits per heavy atom. The molecular formula is C19H17BrFN3OS. The van der Waals surface area contributed by atoms with Gasteiger partial charge >= 0.3 is 0 Å². The highest BCUT2D eigenvalue weighted by molar-refractivity contribution is 9.10. The molecule has 1 amide bonds. The maximum atomic E-state index is 13.0. The predicted molar refractivity (Wildman–Crippen MR) is 107 cm³/mol. The number of aromatic nitrogens is 1. The number of carbonyl (C=O) groups excluding carboxylic acids is 1. The Bertz CT molecular complexity index is 927. The third kappa shape index (κ3) is 4.47. The van der Waals surface area contributed by atoms with Crippen LogP contribution < -0.4 is 10.6 Å². The molecule has 3 rings (SSSR count). The minimum absolute atomic E-state index is 0.130. The number of thiazole rings is 1. The van der Waals surface area contributed by atoms with Gasteiger partial charge < -0.3 is 10.6 Å². The number of benzene rings is 2. The monoisotopic (exact) mass is 433 g/mol. The second-order valence-corrected chi connectivity index (χ2v) is 7.73. The van der Waals surface area contributed by atoms with E-state index in [1.165, 1.54) is 23.5 Å². The molecule has 1 unspecified atom stereocenters. The van der Waals surface area contributed by atoms with Crippen LogP contribution in [0.3, 0.4) is 0 Å². The van der Waals surface area contributed by atoms with Crippen molar-refractivity contribution in [3.8, 4) is 0 Å². The van der Waals surface area contributed by atoms with Crippen LogP contribution in [0, 0.1) is 12.7 Å². The van der Waals surface area contributed by atoms with Crippen molar-refractivity contribution in [1.82, 2.24) is 10.3 Å². The van der Waals surface area contributed by atoms with E-state index >= 15 is 0 Å². The maximum Gasteiger partial charge on any atom is 0.263 e. The predicted octanol–water partition coefficient (Wildman–Crippen LogP) is 5.59. The molecule has 26 heavy (non-hydrogen) atoms. The number of anilines is 2. The number of hydrogen-bond acceptors (Lipinski definition) is 4. The average molecular weight is 434 g/mol. The molecule has 1 aromatic heterocycles. The molecule has 0 fully saturated rings. The smallest absolute Gasteiger partial charge is 0.263 e. The highest BCUT2D eigenvalue weighted by Crippen LogP contribution is 2.27. The van der Waals surface area contributed by atoms with Gasteiger partial charge in [0.25, 0.3) is 5.91 Å². The van der Waals surface area contributed by atoms with Gasteiger partial charge in [-0.15, -0.1) is 0 Å². The molecule has 1 heterocycles. The number of carbonyl (C=O) groups is 1. The largest absolute Gasteiger partial charge is 0.345 e. The summed E-state index contributed by atoms with van der Waals surface area (Å²) in [6.45, 7) is 3.73. The Labute approximate surface area is 163 Å². The molecule has 0 saturated heterocycles. The molecule has 7 heteroatoms. The van der Waals surface area contributed by atoms with Crippen LogP contribution in [0.15, 0.2) is 53.0 Å². The number of aryl methyl sites for hydroxylation is 1. The van der Waals surface area contributed by atoms with Crippen molar-refractivity contribution < 1.29 is 9.18 Å². The van der Waals surface area contributed by atoms with Crippen LogP contribution in [0.25, 0.3) is 0 Å². The third-order valence-electron chi connectivity index (χ3n) is 3.79. The quantitative estimate of drug-likeness (QED) is 0.551. The van der Waals surface area contributed by atoms with Gasteiger partial charge in [0.15, 0.2) is 5.13 Å². The van der Waals surface area contributed by atoms with Gasteiger partial charge in [-0.3, -0.25) is 4.79 Å². The molecule has 0 bridgehead atoms. The Hall–Kier alpha value is -2.25. The summed E-state index contributed by atoms with van der Waals surface area (Å²) in [5.41, 5.74) is 2.38. The highest BCUT2D eigenvalue weighted by Gasteiger charge is 2.18. The number of halogens is 2. The third-order valence-corrected chi connectivity index (χ3v) is 5.36. The van der Waals surface area contributed by atoms with E-state index in [0.717, 1.165) is 15.7 Å². The Morgan fingerprint density at radius 3 is 2.65 bits per heavy atom. The second kappa shape index (κ2) is 7.97. The highest BCUT2D eigenvalue weighted by atomic mass is 79.9. The van der Waals surface area contributed by atoms with E-state index in [1.807, 2.05) is 31.2 Å². The fraction of sp³-hybridized carbons (Fsp3) is 0.158. The van der Waals surface area contributed by atoms with Crippen LogP contribution >= 0.6 is 27.3 Å². The number of rotatable bonds is 5. The molecule has 3 aromatic rings. The van der Waals surface area contributed by atoms with Crippen molar-refractivity contribution in [2.45, 2.75) is 19.9 Å². The summed E-state index contributed by atoms with van der Waals surface area (Å²) >= 11 is 4.71. The lowest BCUT2D eigenvalue weighted by atomic mass is 10.1. The van der Waals surface area contributed by atoms with E-state index in [-0.39, 0.29) is 17.8 Å². The first-order chi connectivity index (χ1) is 12.4. The van der Waals surface area contributed by atoms with E-state index in [2.05, 4.69) is 31.5 Å². The minimum atomic E-state index is -0.299. The van der Waals surface area contributed by atoms with Gasteiger partial charge in [-0.1, -0.05) is 39.4 Å². The Morgan fingerprint density at radius 1 is 1.23 bits per heavy atom. The van der Waals surface area contributed by atoms with Crippen molar-refractivity contribution >= 4 is 44.0 Å². The Balaban J connectivity index is 1.71. The fourth-order valence-electron chi connectivity index (χ4n) is 2.44. The van der Waals surface area contributed by atoms with E-state index in [0.29, 0.717) is 15.7 Å². The number of hydrogen-bond donors (Lipinski definition) is 2. The molecule has 0 radical (unpaired) electrons. The summed E-state index contributed by atoms with van der Waals surface area (Å²) in [5.74, 6) is -0.466. The number of nitrogens with zero attached hydrogens (tertiary/aromatic N) is 1. The van der Waals surface area contributed by atoms with E-state index < -0.39 is 0 Å². The molecule has 2 N–H and O–H groups in total. The van der Waals surface area contributed by atoms with Crippen LogP contribution in [-0.2, 0) is 0 Å². The standard InChI is InChI=1S/C19H17BrFN3OS/c1-11(13-4-3-5-14(20)10-13)22-18(25)17-12(2)23-19(26-17)24-16-8-6-15(21)7-9-16/h3-11H,1-2H3,(H,22,25)(H,23,24). The molecule has 4 nitrogen and oxygen atoms in total. The molecular weight excluding hydrogens is 417 g/mol. The van der Waals surface area contributed by atoms with E-state index in [4.69, 9.17) is 0 Å². The van der Waals surface area contributed by atoms with Crippen molar-refractivity contribution in [2.24, 2.45) is 0 Å². The van der Waals surface area contributed by atoms with Crippen LogP contribution in [0.5, 0.6) is 0 Å². The first-order valence-electron chi connectivity index (χ1n) is 7.98. The van der Waals surface area contributed by atoms with Crippen molar-refractivity contribution in [3.63, 3.8) is 0 Å². The van der Waals surface area contributed by atoms with Gasteiger partial charge in [-0.05, 0) is 55.8 Å². The molecule has 1 atom stereocenters. The SMILES string of the molecule is Cc1nc(Nc2ccc(F)cc2)sc1C(=O)NC(C)c1cccc(Br)c1. The first-order valence-corrected chi connectivity index (χ1v) is 9.59. The summed E-state index contributed by atoms with van der Waals surface area (Å²) in [6, 6.07) is 13.7. The lowest BCUT2D eigenvalue weighted by molar-refractivity contribution is 0.0943. The van der Waals surface area contributed by atoms with Crippen molar-refractivity contribution in [3.05, 3.63) is 75.0 Å². The Kier molecular flexibility index (Phi) is 5.68. The zero-order valence-corrected chi connectivity index (χ0v) is 16.6. The van der Waals surface area contributed by atoms with Crippen LogP contribution in [0.1, 0.15) is 33.9 Å². The lowest BCUT2D eigenvalue weighted by Gasteiger charge is -2.14. The zero-order chi connectivity index (χ0) is 18.7. The summed E-state index contributed by atoms with van der Waals surface area (Å²) in [7, 11) is 0. The molecule has 0 aliphatic carbocycles. The molecule has 0 aliphatic heterocycles. The lowest BCUT2D eigenvalue weighted by Crippen LogP contribution is -2.26. The summed E-state index contributed by atoms with van der Waals surface area (Å²) < 4.78 is 14.0. The van der Waals surface area contributed by atoms with Gasteiger partial charge in [0.1, 0.15) is 10.7 Å². The van der Waals surface area contributed by atoms with E-state index in [1.54, 1.807) is 19.1 Å². The second-order valence-electron chi connectivity index (χ2n) is 5.82. The van der Waals surface area contributed by atoms with Crippen LogP contribution in [-0.4, -0.2) is 10.9 Å². The fourth-order valence-corrected chi connectivity index (χ4v) is 3.75. The van der Waals surface area contributed by atoms with Gasteiger partial charge in [0, 0.05) is 10.2 Å². The normalized spacial score (nSPS) is 11.8. The topological polar surface area (TPSA) is 54.0 Å². The van der Waals surface area contributed by atoms with E-state index in [9.17, 15) is 9.18 Å². The molecule has 2 aromatic carbocycles. The van der Waals surface area contributed by atoms with Crippen LogP contribution in [0.4, 0.5) is 15.2 Å². The maximum absolute atomic E-state index is 13.0. The zero-order valence-electron chi connectivity index (χ0n) is 14.2. The number of amides is 1. The minimum Gasteiger partial charge on any atom is -0.345 e. The summed E-state index contributed by atoms with van der Waals surface area (Å²) in [6.07, 6.45) is 0. The average Bonchev–Trinajstić information content (AvgIpc) is 2.97. The molecule has 0 saturated carbocycles. The van der Waals surface area contributed by atoms with Gasteiger partial charge in [0.05, 0.1) is 11.7 Å².